The van der Waals surface area contributed by atoms with E-state index in [1.807, 2.05) is 36.6 Å². The van der Waals surface area contributed by atoms with Crippen LogP contribution in [-0.2, 0) is 9.53 Å². The zero-order chi connectivity index (χ0) is 22.5. The number of ether oxygens (including phenoxy) is 3. The Labute approximate surface area is 191 Å². The summed E-state index contributed by atoms with van der Waals surface area (Å²) in [7, 11) is 0. The highest BCUT2D eigenvalue weighted by atomic mass is 32.1. The summed E-state index contributed by atoms with van der Waals surface area (Å²) in [6.07, 6.45) is 0. The van der Waals surface area contributed by atoms with E-state index in [4.69, 9.17) is 19.2 Å². The van der Waals surface area contributed by atoms with Gasteiger partial charge >= 0.3 is 0 Å². The highest BCUT2D eigenvalue weighted by Crippen LogP contribution is 2.33. The number of hydrogen-bond donors (Lipinski definition) is 1. The quantitative estimate of drug-likeness (QED) is 0.552. The summed E-state index contributed by atoms with van der Waals surface area (Å²) in [6, 6.07) is 7.82. The zero-order valence-electron chi connectivity index (χ0n) is 18.6. The predicted octanol–water partition coefficient (Wildman–Crippen LogP) is 3.81. The SMILES string of the molecule is CCOc1cc(-c2csc(NC(C)C)n2)nc2cc(OCC(=O)N3CCOCC3)ccc12. The van der Waals surface area contributed by atoms with Crippen LogP contribution in [0.5, 0.6) is 11.5 Å². The summed E-state index contributed by atoms with van der Waals surface area (Å²) < 4.78 is 17.0. The number of anilines is 1. The van der Waals surface area contributed by atoms with E-state index in [2.05, 4.69) is 24.1 Å². The molecule has 1 aliphatic heterocycles. The minimum Gasteiger partial charge on any atom is -0.493 e. The summed E-state index contributed by atoms with van der Waals surface area (Å²) >= 11 is 1.55. The molecule has 1 amide bonds. The topological polar surface area (TPSA) is 85.8 Å². The van der Waals surface area contributed by atoms with Crippen LogP contribution in [0.15, 0.2) is 29.6 Å². The summed E-state index contributed by atoms with van der Waals surface area (Å²) in [4.78, 5) is 23.6. The molecule has 0 aliphatic carbocycles. The molecule has 0 atom stereocenters. The molecule has 3 aromatic rings. The van der Waals surface area contributed by atoms with Crippen molar-refractivity contribution < 1.29 is 19.0 Å². The molecule has 0 radical (unpaired) electrons. The van der Waals surface area contributed by atoms with Crippen molar-refractivity contribution in [3.8, 4) is 22.9 Å². The minimum atomic E-state index is -0.0437. The van der Waals surface area contributed by atoms with E-state index in [-0.39, 0.29) is 12.5 Å². The molecule has 32 heavy (non-hydrogen) atoms. The average molecular weight is 457 g/mol. The predicted molar refractivity (Wildman–Crippen MR) is 126 cm³/mol. The van der Waals surface area contributed by atoms with E-state index in [9.17, 15) is 4.79 Å². The molecule has 170 valence electrons. The lowest BCUT2D eigenvalue weighted by molar-refractivity contribution is -0.137. The Bertz CT molecular complexity index is 1080. The maximum Gasteiger partial charge on any atom is 0.260 e. The fourth-order valence-corrected chi connectivity index (χ4v) is 4.28. The lowest BCUT2D eigenvalue weighted by Crippen LogP contribution is -2.42. The molecule has 1 N–H and O–H groups in total. The lowest BCUT2D eigenvalue weighted by atomic mass is 10.1. The van der Waals surface area contributed by atoms with Gasteiger partial charge in [-0.3, -0.25) is 4.79 Å². The largest absolute Gasteiger partial charge is 0.493 e. The number of carbonyl (C=O) groups excluding carboxylic acids is 1. The number of thiazole rings is 1. The van der Waals surface area contributed by atoms with Crippen LogP contribution in [-0.4, -0.2) is 66.3 Å². The molecule has 0 saturated carbocycles. The summed E-state index contributed by atoms with van der Waals surface area (Å²) in [5.41, 5.74) is 2.25. The summed E-state index contributed by atoms with van der Waals surface area (Å²) in [6.45, 7) is 8.98. The van der Waals surface area contributed by atoms with Gasteiger partial charge in [0.25, 0.3) is 5.91 Å². The van der Waals surface area contributed by atoms with Gasteiger partial charge in [-0.25, -0.2) is 9.97 Å². The standard InChI is InChI=1S/C23H28N4O4S/c1-4-30-21-12-19(20-14-32-23(26-20)24-15(2)3)25-18-11-16(5-6-17(18)21)31-13-22(28)27-7-9-29-10-8-27/h5-6,11-12,14-15H,4,7-10,13H2,1-3H3,(H,24,26). The van der Waals surface area contributed by atoms with Crippen LogP contribution in [0.4, 0.5) is 5.13 Å². The molecule has 4 rings (SSSR count). The van der Waals surface area contributed by atoms with Gasteiger partial charge in [0.2, 0.25) is 0 Å². The molecule has 1 saturated heterocycles. The number of amides is 1. The number of pyridine rings is 1. The fourth-order valence-electron chi connectivity index (χ4n) is 3.43. The Morgan fingerprint density at radius 2 is 2.00 bits per heavy atom. The van der Waals surface area contributed by atoms with E-state index in [0.717, 1.165) is 33.2 Å². The Kier molecular flexibility index (Phi) is 7.06. The first-order valence-electron chi connectivity index (χ1n) is 10.8. The number of morpholine rings is 1. The van der Waals surface area contributed by atoms with Gasteiger partial charge in [-0.15, -0.1) is 11.3 Å². The second-order valence-electron chi connectivity index (χ2n) is 7.74. The number of fused-ring (bicyclic) bond motifs is 1. The van der Waals surface area contributed by atoms with Crippen LogP contribution in [0.1, 0.15) is 20.8 Å². The Morgan fingerprint density at radius 3 is 2.75 bits per heavy atom. The van der Waals surface area contributed by atoms with Crippen LogP contribution < -0.4 is 14.8 Å². The molecule has 1 aliphatic rings. The zero-order valence-corrected chi connectivity index (χ0v) is 19.4. The second-order valence-corrected chi connectivity index (χ2v) is 8.59. The molecule has 1 aromatic carbocycles. The van der Waals surface area contributed by atoms with Crippen LogP contribution in [0, 0.1) is 0 Å². The molecule has 2 aromatic heterocycles. The van der Waals surface area contributed by atoms with Crippen molar-refractivity contribution in [3.63, 3.8) is 0 Å². The lowest BCUT2D eigenvalue weighted by Gasteiger charge is -2.26. The molecule has 3 heterocycles. The average Bonchev–Trinajstić information content (AvgIpc) is 3.25. The first kappa shape index (κ1) is 22.3. The molecule has 9 heteroatoms. The van der Waals surface area contributed by atoms with Crippen molar-refractivity contribution in [1.82, 2.24) is 14.9 Å². The van der Waals surface area contributed by atoms with Crippen LogP contribution >= 0.6 is 11.3 Å². The highest BCUT2D eigenvalue weighted by Gasteiger charge is 2.18. The van der Waals surface area contributed by atoms with Gasteiger partial charge in [0, 0.05) is 42.0 Å². The number of nitrogens with one attached hydrogen (secondary N) is 1. The minimum absolute atomic E-state index is 0.0141. The normalized spacial score (nSPS) is 14.1. The van der Waals surface area contributed by atoms with E-state index >= 15 is 0 Å². The van der Waals surface area contributed by atoms with Crippen molar-refractivity contribution in [2.45, 2.75) is 26.8 Å². The van der Waals surface area contributed by atoms with E-state index in [1.165, 1.54) is 0 Å². The Morgan fingerprint density at radius 1 is 1.19 bits per heavy atom. The summed E-state index contributed by atoms with van der Waals surface area (Å²) in [5, 5.41) is 7.04. The Balaban J connectivity index is 1.57. The number of nitrogens with zero attached hydrogens (tertiary/aromatic N) is 3. The van der Waals surface area contributed by atoms with Gasteiger partial charge in [-0.05, 0) is 32.9 Å². The van der Waals surface area contributed by atoms with Crippen molar-refractivity contribution in [3.05, 3.63) is 29.6 Å². The third-order valence-corrected chi connectivity index (χ3v) is 5.72. The van der Waals surface area contributed by atoms with Crippen LogP contribution in [0.25, 0.3) is 22.3 Å². The molecule has 0 bridgehead atoms. The maximum absolute atomic E-state index is 12.4. The fraction of sp³-hybridized carbons (Fsp3) is 0.435. The smallest absolute Gasteiger partial charge is 0.260 e. The monoisotopic (exact) mass is 456 g/mol. The van der Waals surface area contributed by atoms with Gasteiger partial charge in [-0.1, -0.05) is 0 Å². The molecule has 0 unspecified atom stereocenters. The molecule has 0 spiro atoms. The van der Waals surface area contributed by atoms with Crippen molar-refractivity contribution >= 4 is 33.3 Å². The number of rotatable bonds is 8. The van der Waals surface area contributed by atoms with E-state index in [1.54, 1.807) is 16.2 Å². The van der Waals surface area contributed by atoms with Gasteiger partial charge < -0.3 is 24.4 Å². The maximum atomic E-state index is 12.4. The van der Waals surface area contributed by atoms with E-state index in [0.29, 0.717) is 44.7 Å². The number of carbonyl (C=O) groups is 1. The van der Waals surface area contributed by atoms with Crippen molar-refractivity contribution in [2.75, 3.05) is 44.8 Å². The first-order valence-corrected chi connectivity index (χ1v) is 11.7. The number of benzene rings is 1. The summed E-state index contributed by atoms with van der Waals surface area (Å²) in [5.74, 6) is 1.29. The van der Waals surface area contributed by atoms with E-state index < -0.39 is 0 Å². The Hall–Kier alpha value is -2.91. The van der Waals surface area contributed by atoms with Crippen molar-refractivity contribution in [1.29, 1.82) is 0 Å². The van der Waals surface area contributed by atoms with Crippen LogP contribution in [0.3, 0.4) is 0 Å². The third-order valence-electron chi connectivity index (χ3n) is 4.95. The second kappa shape index (κ2) is 10.1. The molecular weight excluding hydrogens is 428 g/mol. The first-order chi connectivity index (χ1) is 15.5. The van der Waals surface area contributed by atoms with Gasteiger partial charge in [0.1, 0.15) is 17.2 Å². The molecule has 8 nitrogen and oxygen atoms in total. The third kappa shape index (κ3) is 5.28. The highest BCUT2D eigenvalue weighted by molar-refractivity contribution is 7.14. The molecular formula is C23H28N4O4S. The molecule has 1 fully saturated rings. The number of aromatic nitrogens is 2. The number of hydrogen-bond acceptors (Lipinski definition) is 8. The van der Waals surface area contributed by atoms with Gasteiger partial charge in [0.05, 0.1) is 31.0 Å². The van der Waals surface area contributed by atoms with Gasteiger partial charge in [-0.2, -0.15) is 0 Å². The van der Waals surface area contributed by atoms with Gasteiger partial charge in [0.15, 0.2) is 11.7 Å². The van der Waals surface area contributed by atoms with Crippen molar-refractivity contribution in [2.24, 2.45) is 0 Å². The van der Waals surface area contributed by atoms with Crippen LogP contribution in [0.2, 0.25) is 0 Å².